The topological polar surface area (TPSA) is 67.4 Å². The van der Waals surface area contributed by atoms with Crippen LogP contribution in [0.4, 0.5) is 10.5 Å². The van der Waals surface area contributed by atoms with Crippen molar-refractivity contribution in [3.8, 4) is 0 Å². The Kier molecular flexibility index (Phi) is 7.05. The molecule has 0 unspecified atom stereocenters. The first kappa shape index (κ1) is 17.9. The number of nitrogens with one attached hydrogen (secondary N) is 2. The summed E-state index contributed by atoms with van der Waals surface area (Å²) in [6.45, 7) is 2.41. The first-order chi connectivity index (χ1) is 11.1. The number of methoxy groups -OCH3 is 1. The number of carbonyl (C=O) groups is 1. The molecule has 1 aromatic rings. The van der Waals surface area contributed by atoms with E-state index in [1.807, 2.05) is 31.2 Å². The summed E-state index contributed by atoms with van der Waals surface area (Å²) in [7, 11) is 0.850. The smallest absolute Gasteiger partial charge is 0.319 e. The highest BCUT2D eigenvalue weighted by Gasteiger charge is 2.26. The van der Waals surface area contributed by atoms with Crippen LogP contribution in [-0.4, -0.2) is 34.4 Å². The summed E-state index contributed by atoms with van der Waals surface area (Å²) >= 11 is 0. The van der Waals surface area contributed by atoms with Crippen LogP contribution < -0.4 is 10.6 Å². The second-order valence-electron chi connectivity index (χ2n) is 5.84. The molecule has 1 saturated carbocycles. The van der Waals surface area contributed by atoms with Gasteiger partial charge in [0.2, 0.25) is 0 Å². The zero-order valence-corrected chi connectivity index (χ0v) is 14.7. The van der Waals surface area contributed by atoms with Crippen molar-refractivity contribution in [1.82, 2.24) is 5.32 Å². The van der Waals surface area contributed by atoms with Gasteiger partial charge < -0.3 is 15.4 Å². The van der Waals surface area contributed by atoms with Crippen LogP contribution in [0.5, 0.6) is 0 Å². The Bertz CT molecular complexity index is 550. The molecule has 2 rings (SSSR count). The highest BCUT2D eigenvalue weighted by Crippen LogP contribution is 2.23. The molecule has 0 radical (unpaired) electrons. The molecule has 0 saturated heterocycles. The van der Waals surface area contributed by atoms with Gasteiger partial charge in [-0.15, -0.1) is 0 Å². The Balaban J connectivity index is 1.91. The maximum Gasteiger partial charge on any atom is 0.319 e. The minimum absolute atomic E-state index is 0.0961. The molecule has 0 bridgehead atoms. The van der Waals surface area contributed by atoms with Gasteiger partial charge >= 0.3 is 6.03 Å². The fourth-order valence-corrected chi connectivity index (χ4v) is 4.37. The SMILES string of the molecule is CC[S@](=O)[C@@H]1CCC[C@@H](NC(=O)Nc2ccccc2COC)C1. The number of carbonyl (C=O) groups excluding carboxylic acids is 1. The summed E-state index contributed by atoms with van der Waals surface area (Å²) in [4.78, 5) is 12.2. The predicted molar refractivity (Wildman–Crippen MR) is 94.0 cm³/mol. The van der Waals surface area contributed by atoms with E-state index in [0.717, 1.165) is 36.9 Å². The molecule has 1 aliphatic carbocycles. The summed E-state index contributed by atoms with van der Waals surface area (Å²) in [5.74, 6) is 0.688. The average Bonchev–Trinajstić information content (AvgIpc) is 2.56. The molecule has 23 heavy (non-hydrogen) atoms. The highest BCUT2D eigenvalue weighted by molar-refractivity contribution is 7.85. The second-order valence-corrected chi connectivity index (χ2v) is 7.85. The standard InChI is InChI=1S/C17H26N2O3S/c1-3-23(21)15-9-6-8-14(11-15)18-17(20)19-16-10-5-4-7-13(16)12-22-2/h4-5,7,10,14-15H,3,6,8-9,11-12H2,1-2H3,(H2,18,19,20)/t14-,15-,23+/m1/s1. The van der Waals surface area contributed by atoms with E-state index in [2.05, 4.69) is 10.6 Å². The molecule has 5 nitrogen and oxygen atoms in total. The number of rotatable bonds is 6. The van der Waals surface area contributed by atoms with Gasteiger partial charge in [0, 0.05) is 46.2 Å². The zero-order chi connectivity index (χ0) is 16.7. The van der Waals surface area contributed by atoms with Crippen molar-refractivity contribution < 1.29 is 13.7 Å². The molecule has 128 valence electrons. The van der Waals surface area contributed by atoms with Gasteiger partial charge in [-0.25, -0.2) is 4.79 Å². The molecule has 1 aliphatic rings. The summed E-state index contributed by atoms with van der Waals surface area (Å²) in [6, 6.07) is 7.49. The lowest BCUT2D eigenvalue weighted by atomic mass is 9.95. The van der Waals surface area contributed by atoms with Crippen LogP contribution in [0.25, 0.3) is 0 Å². The van der Waals surface area contributed by atoms with Crippen molar-refractivity contribution in [2.45, 2.75) is 50.5 Å². The van der Waals surface area contributed by atoms with Gasteiger partial charge in [0.1, 0.15) is 0 Å². The third-order valence-corrected chi connectivity index (χ3v) is 5.92. The number of amides is 2. The van der Waals surface area contributed by atoms with Gasteiger partial charge in [0.25, 0.3) is 0 Å². The lowest BCUT2D eigenvalue weighted by Gasteiger charge is -2.29. The van der Waals surface area contributed by atoms with E-state index < -0.39 is 10.8 Å². The highest BCUT2D eigenvalue weighted by atomic mass is 32.2. The van der Waals surface area contributed by atoms with Crippen LogP contribution in [0, 0.1) is 0 Å². The van der Waals surface area contributed by atoms with Crippen molar-refractivity contribution >= 4 is 22.5 Å². The number of benzene rings is 1. The van der Waals surface area contributed by atoms with Gasteiger partial charge in [0.15, 0.2) is 0 Å². The molecular weight excluding hydrogens is 312 g/mol. The van der Waals surface area contributed by atoms with Gasteiger partial charge in [0.05, 0.1) is 6.61 Å². The van der Waals surface area contributed by atoms with Crippen molar-refractivity contribution in [2.75, 3.05) is 18.2 Å². The quantitative estimate of drug-likeness (QED) is 0.838. The van der Waals surface area contributed by atoms with Crippen LogP contribution in [0.15, 0.2) is 24.3 Å². The van der Waals surface area contributed by atoms with Crippen LogP contribution in [-0.2, 0) is 22.1 Å². The van der Waals surface area contributed by atoms with Crippen molar-refractivity contribution in [3.63, 3.8) is 0 Å². The maximum absolute atomic E-state index is 12.2. The van der Waals surface area contributed by atoms with Gasteiger partial charge in [-0.05, 0) is 25.3 Å². The molecule has 1 aromatic carbocycles. The monoisotopic (exact) mass is 338 g/mol. The van der Waals surface area contributed by atoms with E-state index in [0.29, 0.717) is 12.4 Å². The van der Waals surface area contributed by atoms with Crippen LogP contribution in [0.1, 0.15) is 38.2 Å². The Morgan fingerprint density at radius 1 is 1.35 bits per heavy atom. The Labute approximate surface area is 140 Å². The number of hydrogen-bond acceptors (Lipinski definition) is 3. The summed E-state index contributed by atoms with van der Waals surface area (Å²) < 4.78 is 17.1. The summed E-state index contributed by atoms with van der Waals surface area (Å²) in [6.07, 6.45) is 3.76. The number of para-hydroxylation sites is 1. The molecule has 6 heteroatoms. The third-order valence-electron chi connectivity index (χ3n) is 4.18. The molecule has 0 spiro atoms. The van der Waals surface area contributed by atoms with Crippen molar-refractivity contribution in [2.24, 2.45) is 0 Å². The average molecular weight is 338 g/mol. The van der Waals surface area contributed by atoms with E-state index >= 15 is 0 Å². The fourth-order valence-electron chi connectivity index (χ4n) is 3.02. The zero-order valence-electron chi connectivity index (χ0n) is 13.8. The first-order valence-corrected chi connectivity index (χ1v) is 9.53. The normalized spacial score (nSPS) is 22.3. The molecule has 1 fully saturated rings. The molecular formula is C17H26N2O3S. The van der Waals surface area contributed by atoms with E-state index in [1.54, 1.807) is 7.11 Å². The van der Waals surface area contributed by atoms with Crippen LogP contribution >= 0.6 is 0 Å². The van der Waals surface area contributed by atoms with Gasteiger partial charge in [-0.1, -0.05) is 31.5 Å². The van der Waals surface area contributed by atoms with E-state index in [9.17, 15) is 9.00 Å². The molecule has 0 aromatic heterocycles. The molecule has 0 heterocycles. The Morgan fingerprint density at radius 2 is 2.13 bits per heavy atom. The number of hydrogen-bond donors (Lipinski definition) is 2. The van der Waals surface area contributed by atoms with Crippen molar-refractivity contribution in [1.29, 1.82) is 0 Å². The maximum atomic E-state index is 12.2. The first-order valence-electron chi connectivity index (χ1n) is 8.15. The summed E-state index contributed by atoms with van der Waals surface area (Å²) in [5, 5.41) is 6.12. The lowest BCUT2D eigenvalue weighted by molar-refractivity contribution is 0.185. The van der Waals surface area contributed by atoms with E-state index in [1.165, 1.54) is 0 Å². The molecule has 3 atom stereocenters. The summed E-state index contributed by atoms with van der Waals surface area (Å²) in [5.41, 5.74) is 1.70. The Morgan fingerprint density at radius 3 is 2.87 bits per heavy atom. The molecule has 0 aliphatic heterocycles. The largest absolute Gasteiger partial charge is 0.380 e. The van der Waals surface area contributed by atoms with Crippen LogP contribution in [0.2, 0.25) is 0 Å². The minimum Gasteiger partial charge on any atom is -0.380 e. The number of urea groups is 1. The minimum atomic E-state index is -0.781. The number of anilines is 1. The molecule has 2 amide bonds. The number of ether oxygens (including phenoxy) is 1. The molecule has 2 N–H and O–H groups in total. The van der Waals surface area contributed by atoms with Crippen molar-refractivity contribution in [3.05, 3.63) is 29.8 Å². The Hall–Kier alpha value is -1.40. The second kappa shape index (κ2) is 9.03. The van der Waals surface area contributed by atoms with E-state index in [-0.39, 0.29) is 17.3 Å². The fraction of sp³-hybridized carbons (Fsp3) is 0.588. The van der Waals surface area contributed by atoms with Gasteiger partial charge in [-0.3, -0.25) is 4.21 Å². The van der Waals surface area contributed by atoms with Crippen LogP contribution in [0.3, 0.4) is 0 Å². The van der Waals surface area contributed by atoms with E-state index in [4.69, 9.17) is 4.74 Å². The predicted octanol–water partition coefficient (Wildman–Crippen LogP) is 3.03. The van der Waals surface area contributed by atoms with Gasteiger partial charge in [-0.2, -0.15) is 0 Å². The lowest BCUT2D eigenvalue weighted by Crippen LogP contribution is -2.43. The third kappa shape index (κ3) is 5.32.